The van der Waals surface area contributed by atoms with Crippen molar-refractivity contribution >= 4 is 28.7 Å². The number of carbonyl (C=O) groups excluding carboxylic acids is 1. The number of rotatable bonds is 7. The lowest BCUT2D eigenvalue weighted by molar-refractivity contribution is -0.121. The van der Waals surface area contributed by atoms with E-state index in [-0.39, 0.29) is 23.9 Å². The number of methoxy groups -OCH3 is 1. The Bertz CT molecular complexity index is 1460. The number of aromatic nitrogens is 4. The van der Waals surface area contributed by atoms with Crippen molar-refractivity contribution in [3.05, 3.63) is 75.7 Å². The Morgan fingerprint density at radius 3 is 2.71 bits per heavy atom. The highest BCUT2D eigenvalue weighted by atomic mass is 32.2. The van der Waals surface area contributed by atoms with Crippen LogP contribution in [0.1, 0.15) is 29.2 Å². The van der Waals surface area contributed by atoms with Gasteiger partial charge in [0.05, 0.1) is 25.0 Å². The van der Waals surface area contributed by atoms with E-state index < -0.39 is 0 Å². The summed E-state index contributed by atoms with van der Waals surface area (Å²) in [6.45, 7) is 4.64. The Hall–Kier alpha value is -3.59. The number of fused-ring (bicyclic) bond motifs is 2. The summed E-state index contributed by atoms with van der Waals surface area (Å²) in [6.07, 6.45) is 2.54. The zero-order chi connectivity index (χ0) is 24.5. The number of benzene rings is 2. The molecule has 2 aromatic heterocycles. The lowest BCUT2D eigenvalue weighted by Gasteiger charge is -2.13. The number of nitrogens with zero attached hydrogens (tertiary/aromatic N) is 4. The molecular weight excluding hydrogens is 462 g/mol. The normalized spacial score (nSPS) is 14.8. The summed E-state index contributed by atoms with van der Waals surface area (Å²) in [5, 5.41) is 8.51. The summed E-state index contributed by atoms with van der Waals surface area (Å²) in [4.78, 5) is 30.7. The van der Waals surface area contributed by atoms with Gasteiger partial charge in [0.2, 0.25) is 5.91 Å². The van der Waals surface area contributed by atoms with E-state index in [9.17, 15) is 9.59 Å². The van der Waals surface area contributed by atoms with Crippen molar-refractivity contribution in [2.75, 3.05) is 19.4 Å². The fraction of sp³-hybridized carbons (Fsp3) is 0.308. The third-order valence-electron chi connectivity index (χ3n) is 6.42. The van der Waals surface area contributed by atoms with Crippen molar-refractivity contribution in [2.45, 2.75) is 37.9 Å². The molecule has 0 radical (unpaired) electrons. The smallest absolute Gasteiger partial charge is 0.265 e. The number of thioether (sulfide) groups is 1. The van der Waals surface area contributed by atoms with Gasteiger partial charge >= 0.3 is 0 Å². The summed E-state index contributed by atoms with van der Waals surface area (Å²) in [6, 6.07) is 13.6. The molecule has 35 heavy (non-hydrogen) atoms. The van der Waals surface area contributed by atoms with E-state index in [0.717, 1.165) is 29.0 Å². The first-order valence-electron chi connectivity index (χ1n) is 11.5. The largest absolute Gasteiger partial charge is 0.497 e. The SMILES string of the molecule is COc1ccc(CCNC(=O)CC2CSc3nc4c(cnn4-c4ccc(C)c(C)c4)c(=O)n32)cc1. The summed E-state index contributed by atoms with van der Waals surface area (Å²) in [5.41, 5.74) is 4.73. The average molecular weight is 490 g/mol. The van der Waals surface area contributed by atoms with E-state index in [1.165, 1.54) is 17.3 Å². The number of amides is 1. The van der Waals surface area contributed by atoms with Crippen molar-refractivity contribution in [1.29, 1.82) is 0 Å². The summed E-state index contributed by atoms with van der Waals surface area (Å²) >= 11 is 1.50. The zero-order valence-corrected chi connectivity index (χ0v) is 20.8. The first-order chi connectivity index (χ1) is 16.9. The second kappa shape index (κ2) is 9.58. The molecule has 0 spiro atoms. The first-order valence-corrected chi connectivity index (χ1v) is 12.5. The van der Waals surface area contributed by atoms with Crippen LogP contribution >= 0.6 is 11.8 Å². The van der Waals surface area contributed by atoms with Gasteiger partial charge in [0, 0.05) is 18.7 Å². The van der Waals surface area contributed by atoms with Crippen LogP contribution in [0, 0.1) is 13.8 Å². The molecule has 2 aromatic carbocycles. The lowest BCUT2D eigenvalue weighted by atomic mass is 10.1. The van der Waals surface area contributed by atoms with Crippen LogP contribution in [-0.2, 0) is 11.2 Å². The Labute approximate surface area is 207 Å². The van der Waals surface area contributed by atoms with Gasteiger partial charge < -0.3 is 10.1 Å². The molecule has 0 bridgehead atoms. The second-order valence-electron chi connectivity index (χ2n) is 8.75. The topological polar surface area (TPSA) is 91.0 Å². The molecular formula is C26H27N5O3S. The monoisotopic (exact) mass is 489 g/mol. The van der Waals surface area contributed by atoms with Crippen LogP contribution in [-0.4, -0.2) is 44.6 Å². The number of hydrogen-bond acceptors (Lipinski definition) is 6. The minimum atomic E-state index is -0.231. The van der Waals surface area contributed by atoms with E-state index >= 15 is 0 Å². The summed E-state index contributed by atoms with van der Waals surface area (Å²) in [5.74, 6) is 1.37. The minimum absolute atomic E-state index is 0.0743. The molecule has 0 saturated carbocycles. The van der Waals surface area contributed by atoms with E-state index in [2.05, 4.69) is 17.3 Å². The molecule has 5 rings (SSSR count). The van der Waals surface area contributed by atoms with E-state index in [4.69, 9.17) is 9.72 Å². The Morgan fingerprint density at radius 1 is 1.17 bits per heavy atom. The van der Waals surface area contributed by atoms with Crippen molar-refractivity contribution in [3.63, 3.8) is 0 Å². The number of ether oxygens (including phenoxy) is 1. The maximum absolute atomic E-state index is 13.3. The van der Waals surface area contributed by atoms with E-state index in [0.29, 0.717) is 28.5 Å². The number of nitrogens with one attached hydrogen (secondary N) is 1. The highest BCUT2D eigenvalue weighted by Gasteiger charge is 2.29. The maximum Gasteiger partial charge on any atom is 0.265 e. The minimum Gasteiger partial charge on any atom is -0.497 e. The number of hydrogen-bond donors (Lipinski definition) is 1. The van der Waals surface area contributed by atoms with Crippen LogP contribution in [0.2, 0.25) is 0 Å². The lowest BCUT2D eigenvalue weighted by Crippen LogP contribution is -2.31. The van der Waals surface area contributed by atoms with Crippen molar-refractivity contribution < 1.29 is 9.53 Å². The zero-order valence-electron chi connectivity index (χ0n) is 19.9. The van der Waals surface area contributed by atoms with E-state index in [1.54, 1.807) is 22.6 Å². The first kappa shape index (κ1) is 23.2. The molecule has 1 unspecified atom stereocenters. The van der Waals surface area contributed by atoms with Crippen molar-refractivity contribution in [2.24, 2.45) is 0 Å². The molecule has 180 valence electrons. The Morgan fingerprint density at radius 2 is 1.97 bits per heavy atom. The molecule has 1 aliphatic rings. The van der Waals surface area contributed by atoms with E-state index in [1.807, 2.05) is 49.4 Å². The van der Waals surface area contributed by atoms with Gasteiger partial charge in [-0.15, -0.1) is 0 Å². The van der Waals surface area contributed by atoms with Gasteiger partial charge in [-0.25, -0.2) is 9.67 Å². The summed E-state index contributed by atoms with van der Waals surface area (Å²) < 4.78 is 8.54. The molecule has 8 nitrogen and oxygen atoms in total. The van der Waals surface area contributed by atoms with Crippen LogP contribution in [0.15, 0.2) is 58.6 Å². The highest BCUT2D eigenvalue weighted by Crippen LogP contribution is 2.33. The molecule has 9 heteroatoms. The highest BCUT2D eigenvalue weighted by molar-refractivity contribution is 7.99. The fourth-order valence-corrected chi connectivity index (χ4v) is 5.38. The fourth-order valence-electron chi connectivity index (χ4n) is 4.25. The predicted molar refractivity (Wildman–Crippen MR) is 137 cm³/mol. The standard InChI is InChI=1S/C26H27N5O3S/c1-16-4-7-19(12-17(16)2)31-24-22(14-28-31)25(33)30-20(15-35-26(30)29-24)13-23(32)27-11-10-18-5-8-21(34-3)9-6-18/h4-9,12,14,20H,10-11,13,15H2,1-3H3,(H,27,32). The molecule has 1 atom stereocenters. The number of aryl methyl sites for hydroxylation is 2. The molecule has 0 aliphatic carbocycles. The number of carbonyl (C=O) groups is 1. The Kier molecular flexibility index (Phi) is 6.34. The average Bonchev–Trinajstić information content (AvgIpc) is 3.46. The molecule has 4 aromatic rings. The molecule has 3 heterocycles. The molecule has 0 fully saturated rings. The van der Waals surface area contributed by atoms with Gasteiger partial charge in [0.15, 0.2) is 10.8 Å². The third kappa shape index (κ3) is 4.55. The van der Waals surface area contributed by atoms with Gasteiger partial charge in [-0.05, 0) is 61.2 Å². The van der Waals surface area contributed by atoms with Crippen LogP contribution < -0.4 is 15.6 Å². The van der Waals surface area contributed by atoms with Gasteiger partial charge in [-0.3, -0.25) is 14.2 Å². The van der Waals surface area contributed by atoms with Crippen LogP contribution in [0.5, 0.6) is 5.75 Å². The van der Waals surface area contributed by atoms with Crippen molar-refractivity contribution in [3.8, 4) is 11.4 Å². The molecule has 1 amide bonds. The van der Waals surface area contributed by atoms with Crippen molar-refractivity contribution in [1.82, 2.24) is 24.6 Å². The Balaban J connectivity index is 1.30. The van der Waals surface area contributed by atoms with Gasteiger partial charge in [0.1, 0.15) is 11.1 Å². The van der Waals surface area contributed by atoms with Crippen LogP contribution in [0.3, 0.4) is 0 Å². The van der Waals surface area contributed by atoms with Crippen LogP contribution in [0.25, 0.3) is 16.7 Å². The van der Waals surface area contributed by atoms with Gasteiger partial charge in [-0.2, -0.15) is 5.10 Å². The molecule has 0 saturated heterocycles. The molecule has 1 aliphatic heterocycles. The quantitative estimate of drug-likeness (QED) is 0.399. The second-order valence-corrected chi connectivity index (χ2v) is 9.74. The van der Waals surface area contributed by atoms with Gasteiger partial charge in [0.25, 0.3) is 5.56 Å². The molecule has 1 N–H and O–H groups in total. The predicted octanol–water partition coefficient (Wildman–Crippen LogP) is 3.60. The van der Waals surface area contributed by atoms with Crippen LogP contribution in [0.4, 0.5) is 0 Å². The van der Waals surface area contributed by atoms with Gasteiger partial charge in [-0.1, -0.05) is 30.0 Å². The summed E-state index contributed by atoms with van der Waals surface area (Å²) in [7, 11) is 1.64. The maximum atomic E-state index is 13.3. The third-order valence-corrected chi connectivity index (χ3v) is 7.52.